The fourth-order valence-corrected chi connectivity index (χ4v) is 2.09. The summed E-state index contributed by atoms with van der Waals surface area (Å²) in [5.74, 6) is 0.110. The van der Waals surface area contributed by atoms with Crippen LogP contribution in [0.15, 0.2) is 24.3 Å². The minimum Gasteiger partial charge on any atom is -0.482 e. The van der Waals surface area contributed by atoms with E-state index >= 15 is 0 Å². The SMILES string of the molecule is COc1cc(Cl)nc(NC(=O)COc2ccc(Cl)cc2Cl)n1. The topological polar surface area (TPSA) is 73.3 Å². The number of halogens is 3. The average molecular weight is 363 g/mol. The average Bonchev–Trinajstić information content (AvgIpc) is 2.45. The summed E-state index contributed by atoms with van der Waals surface area (Å²) in [4.78, 5) is 19.6. The van der Waals surface area contributed by atoms with Crippen molar-refractivity contribution in [3.8, 4) is 11.6 Å². The van der Waals surface area contributed by atoms with Crippen molar-refractivity contribution in [3.05, 3.63) is 39.5 Å². The van der Waals surface area contributed by atoms with Gasteiger partial charge in [-0.3, -0.25) is 10.1 Å². The number of aromatic nitrogens is 2. The van der Waals surface area contributed by atoms with Crippen molar-refractivity contribution in [1.29, 1.82) is 0 Å². The number of carbonyl (C=O) groups is 1. The monoisotopic (exact) mass is 361 g/mol. The second kappa shape index (κ2) is 7.49. The highest BCUT2D eigenvalue weighted by Crippen LogP contribution is 2.27. The molecule has 0 saturated heterocycles. The van der Waals surface area contributed by atoms with Crippen LogP contribution in [0.2, 0.25) is 15.2 Å². The molecule has 9 heteroatoms. The maximum Gasteiger partial charge on any atom is 0.264 e. The van der Waals surface area contributed by atoms with E-state index in [0.29, 0.717) is 15.8 Å². The van der Waals surface area contributed by atoms with Crippen molar-refractivity contribution in [2.75, 3.05) is 19.0 Å². The summed E-state index contributed by atoms with van der Waals surface area (Å²) in [5, 5.41) is 3.36. The van der Waals surface area contributed by atoms with Crippen LogP contribution in [0.5, 0.6) is 11.6 Å². The van der Waals surface area contributed by atoms with Gasteiger partial charge in [-0.2, -0.15) is 4.98 Å². The van der Waals surface area contributed by atoms with Crippen LogP contribution in [-0.2, 0) is 4.79 Å². The molecule has 2 aromatic rings. The lowest BCUT2D eigenvalue weighted by Gasteiger charge is -2.09. The molecule has 0 aliphatic rings. The Labute approximate surface area is 141 Å². The normalized spacial score (nSPS) is 10.2. The van der Waals surface area contributed by atoms with E-state index in [2.05, 4.69) is 15.3 Å². The molecule has 22 heavy (non-hydrogen) atoms. The highest BCUT2D eigenvalue weighted by Gasteiger charge is 2.10. The smallest absolute Gasteiger partial charge is 0.264 e. The third-order valence-electron chi connectivity index (χ3n) is 2.38. The van der Waals surface area contributed by atoms with E-state index in [1.807, 2.05) is 0 Å². The molecule has 1 aromatic carbocycles. The lowest BCUT2D eigenvalue weighted by Crippen LogP contribution is -2.21. The van der Waals surface area contributed by atoms with Crippen LogP contribution in [-0.4, -0.2) is 29.6 Å². The van der Waals surface area contributed by atoms with Gasteiger partial charge < -0.3 is 9.47 Å². The minimum atomic E-state index is -0.477. The largest absolute Gasteiger partial charge is 0.482 e. The van der Waals surface area contributed by atoms with Crippen LogP contribution in [0.1, 0.15) is 0 Å². The van der Waals surface area contributed by atoms with E-state index in [0.717, 1.165) is 0 Å². The minimum absolute atomic E-state index is 0.0140. The molecule has 1 amide bonds. The molecule has 0 radical (unpaired) electrons. The molecule has 0 aliphatic heterocycles. The number of nitrogens with one attached hydrogen (secondary N) is 1. The summed E-state index contributed by atoms with van der Waals surface area (Å²) in [6.45, 7) is -0.278. The third kappa shape index (κ3) is 4.62. The Morgan fingerprint density at radius 2 is 2.00 bits per heavy atom. The molecular weight excluding hydrogens is 353 g/mol. The zero-order valence-corrected chi connectivity index (χ0v) is 13.5. The Bertz CT molecular complexity index is 697. The molecule has 0 spiro atoms. The number of ether oxygens (including phenoxy) is 2. The zero-order chi connectivity index (χ0) is 16.1. The Hall–Kier alpha value is -1.76. The van der Waals surface area contributed by atoms with Gasteiger partial charge in [-0.05, 0) is 18.2 Å². The lowest BCUT2D eigenvalue weighted by molar-refractivity contribution is -0.118. The Balaban J connectivity index is 1.97. The van der Waals surface area contributed by atoms with Crippen molar-refractivity contribution in [1.82, 2.24) is 9.97 Å². The number of benzene rings is 1. The van der Waals surface area contributed by atoms with Crippen molar-refractivity contribution in [2.24, 2.45) is 0 Å². The maximum absolute atomic E-state index is 11.8. The summed E-state index contributed by atoms with van der Waals surface area (Å²) in [6.07, 6.45) is 0. The van der Waals surface area contributed by atoms with Gasteiger partial charge in [0.25, 0.3) is 5.91 Å². The number of rotatable bonds is 5. The zero-order valence-electron chi connectivity index (χ0n) is 11.3. The summed E-state index contributed by atoms with van der Waals surface area (Å²) < 4.78 is 10.2. The fraction of sp³-hybridized carbons (Fsp3) is 0.154. The van der Waals surface area contributed by atoms with Crippen molar-refractivity contribution >= 4 is 46.7 Å². The number of methoxy groups -OCH3 is 1. The van der Waals surface area contributed by atoms with Gasteiger partial charge in [0, 0.05) is 11.1 Å². The summed E-state index contributed by atoms with van der Waals surface area (Å²) in [5.41, 5.74) is 0. The molecule has 1 aromatic heterocycles. The predicted molar refractivity (Wildman–Crippen MR) is 84.2 cm³/mol. The van der Waals surface area contributed by atoms with Gasteiger partial charge in [0.15, 0.2) is 6.61 Å². The van der Waals surface area contributed by atoms with Crippen LogP contribution < -0.4 is 14.8 Å². The molecule has 0 fully saturated rings. The Kier molecular flexibility index (Phi) is 5.65. The summed E-state index contributed by atoms with van der Waals surface area (Å²) >= 11 is 17.5. The van der Waals surface area contributed by atoms with Crippen molar-refractivity contribution in [3.63, 3.8) is 0 Å². The standard InChI is InChI=1S/C13H10Cl3N3O3/c1-21-12-5-10(16)17-13(19-12)18-11(20)6-22-9-3-2-7(14)4-8(9)15/h2-5H,6H2,1H3,(H,17,18,19,20). The molecule has 0 aliphatic carbocycles. The molecule has 6 nitrogen and oxygen atoms in total. The van der Waals surface area contributed by atoms with E-state index in [-0.39, 0.29) is 23.6 Å². The van der Waals surface area contributed by atoms with Gasteiger partial charge >= 0.3 is 0 Å². The van der Waals surface area contributed by atoms with E-state index in [1.54, 1.807) is 12.1 Å². The first kappa shape index (κ1) is 16.6. The highest BCUT2D eigenvalue weighted by molar-refractivity contribution is 6.35. The number of amides is 1. The number of anilines is 1. The number of nitrogens with zero attached hydrogens (tertiary/aromatic N) is 2. The maximum atomic E-state index is 11.8. The van der Waals surface area contributed by atoms with Gasteiger partial charge in [0.2, 0.25) is 11.8 Å². The number of hydrogen-bond donors (Lipinski definition) is 1. The molecular formula is C13H10Cl3N3O3. The molecule has 0 bridgehead atoms. The van der Waals surface area contributed by atoms with Crippen molar-refractivity contribution in [2.45, 2.75) is 0 Å². The van der Waals surface area contributed by atoms with Gasteiger partial charge in [-0.1, -0.05) is 34.8 Å². The quantitative estimate of drug-likeness (QED) is 0.825. The van der Waals surface area contributed by atoms with E-state index in [1.165, 1.54) is 19.2 Å². The second-order valence-electron chi connectivity index (χ2n) is 3.97. The van der Waals surface area contributed by atoms with Gasteiger partial charge in [-0.25, -0.2) is 4.98 Å². The second-order valence-corrected chi connectivity index (χ2v) is 5.20. The number of hydrogen-bond acceptors (Lipinski definition) is 5. The highest BCUT2D eigenvalue weighted by atomic mass is 35.5. The van der Waals surface area contributed by atoms with Crippen LogP contribution in [0.4, 0.5) is 5.95 Å². The van der Waals surface area contributed by atoms with Gasteiger partial charge in [-0.15, -0.1) is 0 Å². The van der Waals surface area contributed by atoms with E-state index < -0.39 is 5.91 Å². The molecule has 1 heterocycles. The number of carbonyl (C=O) groups excluding carboxylic acids is 1. The first-order chi connectivity index (χ1) is 10.5. The van der Waals surface area contributed by atoms with Crippen LogP contribution in [0.25, 0.3) is 0 Å². The summed E-state index contributed by atoms with van der Waals surface area (Å²) in [6, 6.07) is 6.10. The fourth-order valence-electron chi connectivity index (χ4n) is 1.45. The molecule has 0 saturated carbocycles. The first-order valence-corrected chi connectivity index (χ1v) is 7.07. The van der Waals surface area contributed by atoms with Gasteiger partial charge in [0.1, 0.15) is 10.9 Å². The summed E-state index contributed by atoms with van der Waals surface area (Å²) in [7, 11) is 1.43. The van der Waals surface area contributed by atoms with Crippen LogP contribution in [0, 0.1) is 0 Å². The Morgan fingerprint density at radius 1 is 1.23 bits per heavy atom. The van der Waals surface area contributed by atoms with Crippen LogP contribution >= 0.6 is 34.8 Å². The third-order valence-corrected chi connectivity index (χ3v) is 3.11. The molecule has 1 N–H and O–H groups in total. The van der Waals surface area contributed by atoms with E-state index in [4.69, 9.17) is 44.3 Å². The molecule has 116 valence electrons. The molecule has 0 unspecified atom stereocenters. The first-order valence-electron chi connectivity index (χ1n) is 5.94. The molecule has 2 rings (SSSR count). The Morgan fingerprint density at radius 3 is 2.68 bits per heavy atom. The van der Waals surface area contributed by atoms with E-state index in [9.17, 15) is 4.79 Å². The van der Waals surface area contributed by atoms with Crippen molar-refractivity contribution < 1.29 is 14.3 Å². The lowest BCUT2D eigenvalue weighted by atomic mass is 10.3. The predicted octanol–water partition coefficient (Wildman–Crippen LogP) is 3.46. The van der Waals surface area contributed by atoms with Gasteiger partial charge in [0.05, 0.1) is 12.1 Å². The molecule has 0 atom stereocenters. The van der Waals surface area contributed by atoms with Crippen LogP contribution in [0.3, 0.4) is 0 Å².